The second kappa shape index (κ2) is 5.12. The lowest BCUT2D eigenvalue weighted by atomic mass is 10.1. The first-order valence-electron chi connectivity index (χ1n) is 5.25. The molecule has 2 amide bonds. The molecule has 1 aromatic rings. The summed E-state index contributed by atoms with van der Waals surface area (Å²) in [6, 6.07) is 4.72. The second-order valence-electron chi connectivity index (χ2n) is 3.84. The maximum absolute atomic E-state index is 11.7. The molecular formula is C12H11BrClN3O. The highest BCUT2D eigenvalue weighted by atomic mass is 79.9. The molecule has 2 N–H and O–H groups in total. The highest BCUT2D eigenvalue weighted by molar-refractivity contribution is 9.10. The summed E-state index contributed by atoms with van der Waals surface area (Å²) in [6.07, 6.45) is 1.64. The van der Waals surface area contributed by atoms with Crippen LogP contribution in [0.4, 0.5) is 4.79 Å². The summed E-state index contributed by atoms with van der Waals surface area (Å²) in [6.45, 7) is 4.02. The molecule has 1 aliphatic heterocycles. The lowest BCUT2D eigenvalue weighted by molar-refractivity contribution is 0.213. The van der Waals surface area contributed by atoms with E-state index in [0.717, 1.165) is 10.0 Å². The summed E-state index contributed by atoms with van der Waals surface area (Å²) >= 11 is 9.30. The summed E-state index contributed by atoms with van der Waals surface area (Å²) in [5.41, 5.74) is 6.68. The van der Waals surface area contributed by atoms with Gasteiger partial charge in [-0.1, -0.05) is 23.7 Å². The minimum absolute atomic E-state index is 0.288. The van der Waals surface area contributed by atoms with E-state index in [1.807, 2.05) is 12.1 Å². The molecule has 6 heteroatoms. The fourth-order valence-corrected chi connectivity index (χ4v) is 2.38. The Morgan fingerprint density at radius 1 is 1.61 bits per heavy atom. The number of hydrogen-bond donors (Lipinski definition) is 1. The molecule has 4 nitrogen and oxygen atoms in total. The first-order chi connectivity index (χ1) is 8.54. The molecule has 0 fully saturated rings. The number of nitrogens with two attached hydrogens (primary N) is 1. The van der Waals surface area contributed by atoms with Crippen LogP contribution in [0.3, 0.4) is 0 Å². The molecule has 94 valence electrons. The molecule has 0 bridgehead atoms. The van der Waals surface area contributed by atoms with Crippen molar-refractivity contribution in [1.82, 2.24) is 4.90 Å². The molecule has 1 aromatic carbocycles. The van der Waals surface area contributed by atoms with Crippen LogP contribution in [0.1, 0.15) is 11.6 Å². The standard InChI is InChI=1S/C12H11BrClN3O/c1-2-5-17-10(11(15)16-12(17)18)7-3-4-9(14)8(13)6-7/h2-4,6,10H,1,5H2,(H2,15,16,18). The number of aliphatic imine (C=N–C) groups is 1. The summed E-state index contributed by atoms with van der Waals surface area (Å²) < 4.78 is 0.757. The van der Waals surface area contributed by atoms with Crippen LogP contribution in [0.15, 0.2) is 40.3 Å². The fourth-order valence-electron chi connectivity index (χ4n) is 1.86. The van der Waals surface area contributed by atoms with E-state index in [0.29, 0.717) is 11.6 Å². The zero-order chi connectivity index (χ0) is 13.3. The molecule has 0 aromatic heterocycles. The van der Waals surface area contributed by atoms with Gasteiger partial charge in [-0.25, -0.2) is 4.79 Å². The molecular weight excluding hydrogens is 318 g/mol. The van der Waals surface area contributed by atoms with Crippen molar-refractivity contribution in [3.8, 4) is 0 Å². The van der Waals surface area contributed by atoms with Gasteiger partial charge < -0.3 is 10.6 Å². The smallest absolute Gasteiger partial charge is 0.346 e. The molecule has 0 saturated heterocycles. The number of hydrogen-bond acceptors (Lipinski definition) is 2. The number of amidine groups is 1. The van der Waals surface area contributed by atoms with E-state index in [2.05, 4.69) is 27.5 Å². The van der Waals surface area contributed by atoms with Crippen molar-refractivity contribution in [2.75, 3.05) is 6.54 Å². The third-order valence-electron chi connectivity index (χ3n) is 2.65. The first-order valence-corrected chi connectivity index (χ1v) is 6.42. The Kier molecular flexibility index (Phi) is 3.73. The number of nitrogens with zero attached hydrogens (tertiary/aromatic N) is 2. The number of carbonyl (C=O) groups is 1. The average molecular weight is 329 g/mol. The van der Waals surface area contributed by atoms with E-state index >= 15 is 0 Å². The maximum atomic E-state index is 11.7. The highest BCUT2D eigenvalue weighted by Crippen LogP contribution is 2.31. The van der Waals surface area contributed by atoms with Crippen LogP contribution in [0.25, 0.3) is 0 Å². The van der Waals surface area contributed by atoms with Gasteiger partial charge in [0.25, 0.3) is 0 Å². The van der Waals surface area contributed by atoms with Crippen LogP contribution in [0, 0.1) is 0 Å². The Labute approximate surface area is 118 Å². The number of amides is 2. The molecule has 1 heterocycles. The molecule has 0 radical (unpaired) electrons. The van der Waals surface area contributed by atoms with Gasteiger partial charge in [0.2, 0.25) is 0 Å². The molecule has 0 saturated carbocycles. The topological polar surface area (TPSA) is 58.7 Å². The summed E-state index contributed by atoms with van der Waals surface area (Å²) in [5, 5.41) is 0.605. The number of benzene rings is 1. The van der Waals surface area contributed by atoms with Crippen LogP contribution in [-0.4, -0.2) is 23.3 Å². The largest absolute Gasteiger partial charge is 0.385 e. The lowest BCUT2D eigenvalue weighted by Gasteiger charge is -2.23. The van der Waals surface area contributed by atoms with Crippen LogP contribution >= 0.6 is 27.5 Å². The van der Waals surface area contributed by atoms with Gasteiger partial charge in [-0.15, -0.1) is 6.58 Å². The molecule has 18 heavy (non-hydrogen) atoms. The zero-order valence-electron chi connectivity index (χ0n) is 9.44. The minimum Gasteiger partial charge on any atom is -0.385 e. The van der Waals surface area contributed by atoms with Crippen molar-refractivity contribution in [3.63, 3.8) is 0 Å². The molecule has 1 aliphatic rings. The van der Waals surface area contributed by atoms with Gasteiger partial charge >= 0.3 is 6.03 Å². The number of halogens is 2. The fraction of sp³-hybridized carbons (Fsp3) is 0.167. The van der Waals surface area contributed by atoms with Crippen LogP contribution in [0.2, 0.25) is 5.02 Å². The first kappa shape index (κ1) is 13.1. The third-order valence-corrected chi connectivity index (χ3v) is 3.86. The number of rotatable bonds is 3. The number of urea groups is 1. The zero-order valence-corrected chi connectivity index (χ0v) is 11.8. The molecule has 0 spiro atoms. The van der Waals surface area contributed by atoms with E-state index in [1.54, 1.807) is 17.0 Å². The van der Waals surface area contributed by atoms with Gasteiger partial charge in [-0.3, -0.25) is 0 Å². The SMILES string of the molecule is C=CCN1C(=O)N=C(N)C1c1ccc(Cl)c(Br)c1. The van der Waals surface area contributed by atoms with Crippen molar-refractivity contribution in [2.24, 2.45) is 10.7 Å². The van der Waals surface area contributed by atoms with Gasteiger partial charge in [-0.2, -0.15) is 4.99 Å². The molecule has 1 atom stereocenters. The molecule has 0 aliphatic carbocycles. The van der Waals surface area contributed by atoms with E-state index in [9.17, 15) is 4.79 Å². The normalized spacial score (nSPS) is 19.0. The van der Waals surface area contributed by atoms with E-state index in [-0.39, 0.29) is 17.9 Å². The van der Waals surface area contributed by atoms with Crippen molar-refractivity contribution in [3.05, 3.63) is 45.9 Å². The quantitative estimate of drug-likeness (QED) is 0.867. The Hall–Kier alpha value is -1.33. The summed E-state index contributed by atoms with van der Waals surface area (Å²) in [4.78, 5) is 17.0. The Morgan fingerprint density at radius 2 is 2.33 bits per heavy atom. The van der Waals surface area contributed by atoms with E-state index in [1.165, 1.54) is 0 Å². The van der Waals surface area contributed by atoms with Gasteiger partial charge in [0.1, 0.15) is 11.9 Å². The third kappa shape index (κ3) is 2.28. The average Bonchev–Trinajstić information content (AvgIpc) is 2.59. The van der Waals surface area contributed by atoms with Crippen molar-refractivity contribution >= 4 is 39.4 Å². The minimum atomic E-state index is -0.357. The van der Waals surface area contributed by atoms with Crippen molar-refractivity contribution in [2.45, 2.75) is 6.04 Å². The van der Waals surface area contributed by atoms with Gasteiger partial charge in [0, 0.05) is 11.0 Å². The maximum Gasteiger partial charge on any atom is 0.346 e. The van der Waals surface area contributed by atoms with Crippen LogP contribution < -0.4 is 5.73 Å². The van der Waals surface area contributed by atoms with Gasteiger partial charge in [0.15, 0.2) is 0 Å². The Morgan fingerprint density at radius 3 is 2.94 bits per heavy atom. The van der Waals surface area contributed by atoms with E-state index in [4.69, 9.17) is 17.3 Å². The van der Waals surface area contributed by atoms with Gasteiger partial charge in [0.05, 0.1) is 5.02 Å². The van der Waals surface area contributed by atoms with Gasteiger partial charge in [-0.05, 0) is 33.6 Å². The molecule has 2 rings (SSSR count). The predicted molar refractivity (Wildman–Crippen MR) is 75.8 cm³/mol. The Balaban J connectivity index is 2.40. The lowest BCUT2D eigenvalue weighted by Crippen LogP contribution is -2.33. The highest BCUT2D eigenvalue weighted by Gasteiger charge is 2.33. The van der Waals surface area contributed by atoms with Crippen molar-refractivity contribution < 1.29 is 4.79 Å². The molecule has 1 unspecified atom stereocenters. The Bertz CT molecular complexity index is 544. The van der Waals surface area contributed by atoms with Crippen LogP contribution in [-0.2, 0) is 0 Å². The predicted octanol–water partition coefficient (Wildman–Crippen LogP) is 3.12. The number of carbonyl (C=O) groups excluding carboxylic acids is 1. The van der Waals surface area contributed by atoms with Crippen molar-refractivity contribution in [1.29, 1.82) is 0 Å². The van der Waals surface area contributed by atoms with Crippen LogP contribution in [0.5, 0.6) is 0 Å². The second-order valence-corrected chi connectivity index (χ2v) is 5.10. The summed E-state index contributed by atoms with van der Waals surface area (Å²) in [5.74, 6) is 0.288. The summed E-state index contributed by atoms with van der Waals surface area (Å²) in [7, 11) is 0. The monoisotopic (exact) mass is 327 g/mol. The van der Waals surface area contributed by atoms with E-state index < -0.39 is 0 Å².